The lowest BCUT2D eigenvalue weighted by Gasteiger charge is -2.41. The number of hydrogen-bond acceptors (Lipinski definition) is 3. The third-order valence-corrected chi connectivity index (χ3v) is 6.19. The summed E-state index contributed by atoms with van der Waals surface area (Å²) in [6, 6.07) is 0.986. The first-order valence-corrected chi connectivity index (χ1v) is 9.44. The van der Waals surface area contributed by atoms with Crippen molar-refractivity contribution in [2.75, 3.05) is 26.2 Å². The summed E-state index contributed by atoms with van der Waals surface area (Å²) >= 11 is 0. The minimum Gasteiger partial charge on any atom is -0.335 e. The molecule has 2 bridgehead atoms. The van der Waals surface area contributed by atoms with Crippen molar-refractivity contribution in [2.45, 2.75) is 51.2 Å². The number of aromatic nitrogens is 2. The molecule has 1 aliphatic heterocycles. The van der Waals surface area contributed by atoms with Gasteiger partial charge in [0.25, 0.3) is 0 Å². The summed E-state index contributed by atoms with van der Waals surface area (Å²) in [6.45, 7) is 6.60. The van der Waals surface area contributed by atoms with E-state index in [2.05, 4.69) is 15.2 Å². The highest BCUT2D eigenvalue weighted by Gasteiger charge is 2.42. The molecule has 2 aliphatic carbocycles. The topological polar surface area (TPSA) is 53.4 Å². The number of hydrogen-bond donors (Lipinski definition) is 1. The maximum Gasteiger partial charge on any atom is 0.317 e. The molecular formula is C18H29N5O. The Kier molecular flexibility index (Phi) is 4.48. The SMILES string of the molecule is C[C@H](Cn1ccnc1)NC(=O)N1CCN([C@@H]2C[C@H]3CC[C@H]2C3)CC1. The van der Waals surface area contributed by atoms with Crippen molar-refractivity contribution in [3.05, 3.63) is 18.7 Å². The highest BCUT2D eigenvalue weighted by atomic mass is 16.2. The molecule has 2 saturated carbocycles. The monoisotopic (exact) mass is 331 g/mol. The van der Waals surface area contributed by atoms with Crippen molar-refractivity contribution in [3.8, 4) is 0 Å². The smallest absolute Gasteiger partial charge is 0.317 e. The number of piperazine rings is 1. The number of nitrogens with one attached hydrogen (secondary N) is 1. The van der Waals surface area contributed by atoms with Gasteiger partial charge in [0.15, 0.2) is 0 Å². The van der Waals surface area contributed by atoms with Crippen LogP contribution in [0.5, 0.6) is 0 Å². The summed E-state index contributed by atoms with van der Waals surface area (Å²) in [4.78, 5) is 21.1. The summed E-state index contributed by atoms with van der Waals surface area (Å²) < 4.78 is 2.00. The number of amides is 2. The van der Waals surface area contributed by atoms with Crippen LogP contribution < -0.4 is 5.32 Å². The van der Waals surface area contributed by atoms with Gasteiger partial charge in [-0.25, -0.2) is 9.78 Å². The molecule has 1 aromatic heterocycles. The van der Waals surface area contributed by atoms with Crippen molar-refractivity contribution in [2.24, 2.45) is 11.8 Å². The van der Waals surface area contributed by atoms with E-state index in [-0.39, 0.29) is 12.1 Å². The van der Waals surface area contributed by atoms with Crippen molar-refractivity contribution in [1.82, 2.24) is 24.7 Å². The lowest BCUT2D eigenvalue weighted by molar-refractivity contribution is 0.0819. The van der Waals surface area contributed by atoms with Gasteiger partial charge in [-0.1, -0.05) is 6.42 Å². The van der Waals surface area contributed by atoms with Gasteiger partial charge in [-0.15, -0.1) is 0 Å². The van der Waals surface area contributed by atoms with Crippen LogP contribution in [0.3, 0.4) is 0 Å². The van der Waals surface area contributed by atoms with E-state index in [1.165, 1.54) is 25.7 Å². The van der Waals surface area contributed by atoms with Gasteiger partial charge < -0.3 is 14.8 Å². The third-order valence-electron chi connectivity index (χ3n) is 6.19. The lowest BCUT2D eigenvalue weighted by atomic mass is 9.93. The Morgan fingerprint density at radius 3 is 2.71 bits per heavy atom. The van der Waals surface area contributed by atoms with Gasteiger partial charge in [-0.3, -0.25) is 4.90 Å². The van der Waals surface area contributed by atoms with Gasteiger partial charge in [-0.05, 0) is 38.0 Å². The van der Waals surface area contributed by atoms with Crippen molar-refractivity contribution < 1.29 is 4.79 Å². The molecule has 1 aromatic rings. The largest absolute Gasteiger partial charge is 0.335 e. The molecule has 0 unspecified atom stereocenters. The minimum atomic E-state index is 0.0789. The van der Waals surface area contributed by atoms with E-state index in [0.29, 0.717) is 0 Å². The molecule has 0 radical (unpaired) electrons. The third kappa shape index (κ3) is 3.29. The number of imidazole rings is 1. The first kappa shape index (κ1) is 15.9. The number of carbonyl (C=O) groups excluding carboxylic acids is 1. The lowest BCUT2D eigenvalue weighted by Crippen LogP contribution is -2.56. The molecule has 1 saturated heterocycles. The average molecular weight is 331 g/mol. The van der Waals surface area contributed by atoms with Gasteiger partial charge in [0.05, 0.1) is 6.33 Å². The highest BCUT2D eigenvalue weighted by molar-refractivity contribution is 5.74. The fraction of sp³-hybridized carbons (Fsp3) is 0.778. The van der Waals surface area contributed by atoms with Crippen LogP contribution in [0.25, 0.3) is 0 Å². The molecule has 3 aliphatic rings. The number of fused-ring (bicyclic) bond motifs is 2. The van der Waals surface area contributed by atoms with Crippen molar-refractivity contribution in [1.29, 1.82) is 0 Å². The Labute approximate surface area is 144 Å². The quantitative estimate of drug-likeness (QED) is 0.915. The molecule has 2 heterocycles. The molecule has 6 nitrogen and oxygen atoms in total. The van der Waals surface area contributed by atoms with Crippen LogP contribution in [0, 0.1) is 11.8 Å². The molecule has 24 heavy (non-hydrogen) atoms. The summed E-state index contributed by atoms with van der Waals surface area (Å²) in [7, 11) is 0. The molecule has 2 amide bonds. The minimum absolute atomic E-state index is 0.0789. The number of urea groups is 1. The van der Waals surface area contributed by atoms with E-state index in [4.69, 9.17) is 0 Å². The first-order chi connectivity index (χ1) is 11.7. The number of carbonyl (C=O) groups is 1. The Morgan fingerprint density at radius 1 is 1.25 bits per heavy atom. The van der Waals surface area contributed by atoms with Crippen LogP contribution in [0.1, 0.15) is 32.6 Å². The second kappa shape index (κ2) is 6.75. The van der Waals surface area contributed by atoms with E-state index < -0.39 is 0 Å². The molecule has 132 valence electrons. The van der Waals surface area contributed by atoms with Crippen LogP contribution in [0.15, 0.2) is 18.7 Å². The van der Waals surface area contributed by atoms with Gasteiger partial charge in [0.2, 0.25) is 0 Å². The normalized spacial score (nSPS) is 31.4. The predicted molar refractivity (Wildman–Crippen MR) is 92.6 cm³/mol. The Balaban J connectivity index is 1.22. The molecule has 1 N–H and O–H groups in total. The summed E-state index contributed by atoms with van der Waals surface area (Å²) in [5, 5.41) is 3.12. The van der Waals surface area contributed by atoms with Crippen LogP contribution in [-0.4, -0.2) is 63.6 Å². The number of nitrogens with zero attached hydrogens (tertiary/aromatic N) is 4. The Hall–Kier alpha value is -1.56. The summed E-state index contributed by atoms with van der Waals surface area (Å²) in [6.07, 6.45) is 11.2. The highest BCUT2D eigenvalue weighted by Crippen LogP contribution is 2.46. The van der Waals surface area contributed by atoms with E-state index in [1.54, 1.807) is 12.5 Å². The molecular weight excluding hydrogens is 302 g/mol. The van der Waals surface area contributed by atoms with E-state index in [0.717, 1.165) is 50.6 Å². The van der Waals surface area contributed by atoms with Crippen LogP contribution in [0.4, 0.5) is 4.79 Å². The molecule has 4 rings (SSSR count). The first-order valence-electron chi connectivity index (χ1n) is 9.44. The summed E-state index contributed by atoms with van der Waals surface area (Å²) in [5.41, 5.74) is 0. The average Bonchev–Trinajstić information content (AvgIpc) is 3.32. The van der Waals surface area contributed by atoms with Gasteiger partial charge in [0, 0.05) is 57.2 Å². The maximum absolute atomic E-state index is 12.5. The second-order valence-corrected chi connectivity index (χ2v) is 7.88. The zero-order valence-electron chi connectivity index (χ0n) is 14.6. The Bertz CT molecular complexity index is 552. The maximum atomic E-state index is 12.5. The standard InChI is InChI=1S/C18H29N5O/c1-14(12-21-5-4-19-13-21)20-18(24)23-8-6-22(7-9-23)17-11-15-2-3-16(17)10-15/h4-5,13-17H,2-3,6-12H2,1H3,(H,20,24)/t14-,15+,16+,17-/m1/s1. The van der Waals surface area contributed by atoms with Crippen molar-refractivity contribution >= 4 is 6.03 Å². The van der Waals surface area contributed by atoms with Crippen LogP contribution >= 0.6 is 0 Å². The molecule has 3 fully saturated rings. The van der Waals surface area contributed by atoms with E-state index >= 15 is 0 Å². The van der Waals surface area contributed by atoms with Crippen LogP contribution in [0.2, 0.25) is 0 Å². The molecule has 0 aromatic carbocycles. The van der Waals surface area contributed by atoms with Gasteiger partial charge in [0.1, 0.15) is 0 Å². The molecule has 4 atom stereocenters. The van der Waals surface area contributed by atoms with Crippen LogP contribution in [-0.2, 0) is 6.54 Å². The molecule has 6 heteroatoms. The fourth-order valence-corrected chi connectivity index (χ4v) is 4.97. The number of rotatable bonds is 4. The van der Waals surface area contributed by atoms with Gasteiger partial charge in [-0.2, -0.15) is 0 Å². The molecule has 0 spiro atoms. The zero-order valence-corrected chi connectivity index (χ0v) is 14.6. The van der Waals surface area contributed by atoms with E-state index in [1.807, 2.05) is 22.6 Å². The van der Waals surface area contributed by atoms with Crippen molar-refractivity contribution in [3.63, 3.8) is 0 Å². The van der Waals surface area contributed by atoms with Gasteiger partial charge >= 0.3 is 6.03 Å². The zero-order chi connectivity index (χ0) is 16.5. The van der Waals surface area contributed by atoms with E-state index in [9.17, 15) is 4.79 Å². The predicted octanol–water partition coefficient (Wildman–Crippen LogP) is 1.79. The second-order valence-electron chi connectivity index (χ2n) is 7.88. The Morgan fingerprint density at radius 2 is 2.08 bits per heavy atom. The fourth-order valence-electron chi connectivity index (χ4n) is 4.97. The summed E-state index contributed by atoms with van der Waals surface area (Å²) in [5.74, 6) is 1.93.